The number of nitrogens with zero attached hydrogens (tertiary/aromatic N) is 1. The van der Waals surface area contributed by atoms with Crippen LogP contribution in [0.5, 0.6) is 0 Å². The Balaban J connectivity index is 1.95. The molecule has 0 saturated carbocycles. The highest BCUT2D eigenvalue weighted by molar-refractivity contribution is 6.30. The molecule has 7 heteroatoms. The second kappa shape index (κ2) is 5.06. The average molecular weight is 305 g/mol. The van der Waals surface area contributed by atoms with Crippen molar-refractivity contribution in [3.63, 3.8) is 0 Å². The number of halogens is 2. The van der Waals surface area contributed by atoms with E-state index >= 15 is 0 Å². The molecule has 3 rings (SSSR count). The van der Waals surface area contributed by atoms with Gasteiger partial charge in [0.05, 0.1) is 11.2 Å². The molecule has 4 N–H and O–H groups in total. The smallest absolute Gasteiger partial charge is 0.276 e. The number of nitrogen functional groups attached to an aromatic ring is 1. The molecule has 0 aliphatic rings. The van der Waals surface area contributed by atoms with Crippen LogP contribution in [0.4, 0.5) is 15.8 Å². The number of aromatic amines is 1. The van der Waals surface area contributed by atoms with Crippen molar-refractivity contribution in [2.24, 2.45) is 0 Å². The molecule has 0 aliphatic heterocycles. The molecule has 106 valence electrons. The van der Waals surface area contributed by atoms with Crippen LogP contribution in [-0.2, 0) is 0 Å². The van der Waals surface area contributed by atoms with Crippen molar-refractivity contribution in [2.75, 3.05) is 11.1 Å². The lowest BCUT2D eigenvalue weighted by Gasteiger charge is -2.05. The number of hydrogen-bond donors (Lipinski definition) is 3. The fourth-order valence-corrected chi connectivity index (χ4v) is 2.14. The third-order valence-corrected chi connectivity index (χ3v) is 3.22. The third-order valence-electron chi connectivity index (χ3n) is 2.98. The number of nitrogens with two attached hydrogens (primary N) is 1. The monoisotopic (exact) mass is 304 g/mol. The Morgan fingerprint density at radius 3 is 2.86 bits per heavy atom. The van der Waals surface area contributed by atoms with E-state index in [0.717, 1.165) is 6.07 Å². The van der Waals surface area contributed by atoms with Gasteiger partial charge in [-0.15, -0.1) is 0 Å². The molecule has 2 aromatic carbocycles. The van der Waals surface area contributed by atoms with Crippen molar-refractivity contribution in [1.29, 1.82) is 0 Å². The second-order valence-corrected chi connectivity index (χ2v) is 4.89. The normalized spacial score (nSPS) is 10.8. The molecule has 0 atom stereocenters. The van der Waals surface area contributed by atoms with Gasteiger partial charge in [0.1, 0.15) is 5.82 Å². The maximum absolute atomic E-state index is 13.7. The molecule has 3 aromatic rings. The number of nitrogens with one attached hydrogen (secondary N) is 2. The Kier molecular flexibility index (Phi) is 3.23. The van der Waals surface area contributed by atoms with Gasteiger partial charge in [-0.2, -0.15) is 5.10 Å². The zero-order valence-electron chi connectivity index (χ0n) is 10.7. The summed E-state index contributed by atoms with van der Waals surface area (Å²) in [5, 5.41) is 9.94. The molecular formula is C14H10ClFN4O. The number of carbonyl (C=O) groups is 1. The average Bonchev–Trinajstić information content (AvgIpc) is 2.85. The van der Waals surface area contributed by atoms with Crippen LogP contribution in [0.25, 0.3) is 10.9 Å². The summed E-state index contributed by atoms with van der Waals surface area (Å²) in [4.78, 5) is 12.2. The summed E-state index contributed by atoms with van der Waals surface area (Å²) in [6.07, 6.45) is 0. The van der Waals surface area contributed by atoms with E-state index in [-0.39, 0.29) is 16.4 Å². The van der Waals surface area contributed by atoms with Gasteiger partial charge in [-0.1, -0.05) is 11.6 Å². The highest BCUT2D eigenvalue weighted by atomic mass is 35.5. The van der Waals surface area contributed by atoms with Crippen molar-refractivity contribution in [3.05, 3.63) is 52.9 Å². The summed E-state index contributed by atoms with van der Waals surface area (Å²) in [5.74, 6) is -1.15. The van der Waals surface area contributed by atoms with Crippen molar-refractivity contribution in [2.45, 2.75) is 0 Å². The molecule has 1 aromatic heterocycles. The standard InChI is InChI=1S/C14H10ClFN4O/c15-7-1-3-12(10(16)5-7)18-14(21)13-9-6-8(17)2-4-11(9)19-20-13/h1-6H,17H2,(H,18,21)(H,19,20). The van der Waals surface area contributed by atoms with Gasteiger partial charge in [0.25, 0.3) is 5.91 Å². The number of amides is 1. The zero-order valence-corrected chi connectivity index (χ0v) is 11.4. The summed E-state index contributed by atoms with van der Waals surface area (Å²) in [6.45, 7) is 0. The van der Waals surface area contributed by atoms with Crippen LogP contribution in [0.15, 0.2) is 36.4 Å². The van der Waals surface area contributed by atoms with Crippen LogP contribution in [-0.4, -0.2) is 16.1 Å². The first-order valence-corrected chi connectivity index (χ1v) is 6.42. The summed E-state index contributed by atoms with van der Waals surface area (Å²) in [5.41, 5.74) is 7.06. The number of rotatable bonds is 2. The topological polar surface area (TPSA) is 83.8 Å². The molecule has 0 aliphatic carbocycles. The van der Waals surface area contributed by atoms with Crippen molar-refractivity contribution in [3.8, 4) is 0 Å². The van der Waals surface area contributed by atoms with E-state index < -0.39 is 11.7 Å². The number of carbonyl (C=O) groups excluding carboxylic acids is 1. The van der Waals surface area contributed by atoms with E-state index in [9.17, 15) is 9.18 Å². The number of fused-ring (bicyclic) bond motifs is 1. The molecule has 0 saturated heterocycles. The minimum absolute atomic E-state index is 0.0319. The van der Waals surface area contributed by atoms with E-state index in [1.165, 1.54) is 12.1 Å². The predicted molar refractivity (Wildman–Crippen MR) is 79.9 cm³/mol. The number of H-pyrrole nitrogens is 1. The van der Waals surface area contributed by atoms with Crippen molar-refractivity contribution >= 4 is 39.8 Å². The van der Waals surface area contributed by atoms with Crippen LogP contribution in [0.3, 0.4) is 0 Å². The fraction of sp³-hybridized carbons (Fsp3) is 0. The fourth-order valence-electron chi connectivity index (χ4n) is 1.98. The van der Waals surface area contributed by atoms with E-state index in [4.69, 9.17) is 17.3 Å². The van der Waals surface area contributed by atoms with Gasteiger partial charge in [-0.3, -0.25) is 9.89 Å². The summed E-state index contributed by atoms with van der Waals surface area (Å²) in [6, 6.07) is 9.04. The van der Waals surface area contributed by atoms with E-state index in [2.05, 4.69) is 15.5 Å². The highest BCUT2D eigenvalue weighted by Gasteiger charge is 2.16. The van der Waals surface area contributed by atoms with Crippen molar-refractivity contribution < 1.29 is 9.18 Å². The number of benzene rings is 2. The molecule has 1 heterocycles. The quantitative estimate of drug-likeness (QED) is 0.636. The second-order valence-electron chi connectivity index (χ2n) is 4.46. The molecule has 0 fully saturated rings. The maximum Gasteiger partial charge on any atom is 0.276 e. The largest absolute Gasteiger partial charge is 0.399 e. The highest BCUT2D eigenvalue weighted by Crippen LogP contribution is 2.22. The molecule has 5 nitrogen and oxygen atoms in total. The molecule has 0 bridgehead atoms. The Morgan fingerprint density at radius 1 is 1.29 bits per heavy atom. The molecule has 21 heavy (non-hydrogen) atoms. The Labute approximate surface area is 123 Å². The van der Waals surface area contributed by atoms with Gasteiger partial charge in [0.15, 0.2) is 5.69 Å². The number of aromatic nitrogens is 2. The van der Waals surface area contributed by atoms with Gasteiger partial charge >= 0.3 is 0 Å². The van der Waals surface area contributed by atoms with E-state index in [0.29, 0.717) is 16.6 Å². The van der Waals surface area contributed by atoms with Crippen LogP contribution in [0.1, 0.15) is 10.5 Å². The lowest BCUT2D eigenvalue weighted by atomic mass is 10.2. The first kappa shape index (κ1) is 13.4. The Hall–Kier alpha value is -2.60. The van der Waals surface area contributed by atoms with Crippen LogP contribution < -0.4 is 11.1 Å². The molecular weight excluding hydrogens is 295 g/mol. The van der Waals surface area contributed by atoms with Crippen molar-refractivity contribution in [1.82, 2.24) is 10.2 Å². The minimum Gasteiger partial charge on any atom is -0.399 e. The van der Waals surface area contributed by atoms with Crippen LogP contribution in [0.2, 0.25) is 5.02 Å². The van der Waals surface area contributed by atoms with Gasteiger partial charge in [-0.25, -0.2) is 4.39 Å². The molecule has 0 spiro atoms. The minimum atomic E-state index is -0.616. The number of anilines is 2. The Morgan fingerprint density at radius 2 is 2.10 bits per heavy atom. The summed E-state index contributed by atoms with van der Waals surface area (Å²) >= 11 is 5.66. The maximum atomic E-state index is 13.7. The molecule has 0 radical (unpaired) electrons. The first-order chi connectivity index (χ1) is 10.0. The van der Waals surface area contributed by atoms with E-state index in [1.54, 1.807) is 18.2 Å². The zero-order chi connectivity index (χ0) is 15.0. The summed E-state index contributed by atoms with van der Waals surface area (Å²) in [7, 11) is 0. The van der Waals surface area contributed by atoms with Gasteiger partial charge in [-0.05, 0) is 36.4 Å². The van der Waals surface area contributed by atoms with Gasteiger partial charge < -0.3 is 11.1 Å². The molecule has 0 unspecified atom stereocenters. The predicted octanol–water partition coefficient (Wildman–Crippen LogP) is 3.19. The Bertz CT molecular complexity index is 846. The summed E-state index contributed by atoms with van der Waals surface area (Å²) < 4.78 is 13.7. The van der Waals surface area contributed by atoms with Gasteiger partial charge in [0.2, 0.25) is 0 Å². The third kappa shape index (κ3) is 2.53. The SMILES string of the molecule is Nc1ccc2[nH]nc(C(=O)Nc3ccc(Cl)cc3F)c2c1. The number of hydrogen-bond acceptors (Lipinski definition) is 3. The van der Waals surface area contributed by atoms with E-state index in [1.807, 2.05) is 0 Å². The van der Waals surface area contributed by atoms with Gasteiger partial charge in [0, 0.05) is 16.1 Å². The lowest BCUT2D eigenvalue weighted by Crippen LogP contribution is -2.13. The molecule has 1 amide bonds. The van der Waals surface area contributed by atoms with Crippen LogP contribution in [0, 0.1) is 5.82 Å². The lowest BCUT2D eigenvalue weighted by molar-refractivity contribution is 0.102. The van der Waals surface area contributed by atoms with Crippen LogP contribution >= 0.6 is 11.6 Å². The first-order valence-electron chi connectivity index (χ1n) is 6.04.